The van der Waals surface area contributed by atoms with E-state index in [1.807, 2.05) is 6.92 Å². The smallest absolute Gasteiger partial charge is 0.331 e. The molecule has 0 spiro atoms. The maximum Gasteiger partial charge on any atom is 0.331 e. The zero-order valence-corrected chi connectivity index (χ0v) is 11.7. The van der Waals surface area contributed by atoms with Crippen LogP contribution in [0.5, 0.6) is 0 Å². The van der Waals surface area contributed by atoms with Crippen molar-refractivity contribution in [3.05, 3.63) is 5.82 Å². The number of hydrogen-bond donors (Lipinski definition) is 1. The second kappa shape index (κ2) is 5.67. The van der Waals surface area contributed by atoms with E-state index in [1.165, 1.54) is 30.4 Å². The molecule has 0 aliphatic heterocycles. The van der Waals surface area contributed by atoms with Gasteiger partial charge in [0.15, 0.2) is 11.4 Å². The molecule has 0 bridgehead atoms. The van der Waals surface area contributed by atoms with Crippen LogP contribution >= 0.6 is 0 Å². The summed E-state index contributed by atoms with van der Waals surface area (Å²) in [5, 5.41) is 21.3. The van der Waals surface area contributed by atoms with Gasteiger partial charge in [0.05, 0.1) is 0 Å². The number of nitrogens with zero attached hydrogens (tertiary/aromatic N) is 4. The molecule has 0 radical (unpaired) electrons. The fourth-order valence-corrected chi connectivity index (χ4v) is 2.73. The minimum atomic E-state index is -1.05. The van der Waals surface area contributed by atoms with E-state index in [0.717, 1.165) is 18.7 Å². The average Bonchev–Trinajstić information content (AvgIpc) is 2.74. The number of carboxylic acid groups (broad SMARTS) is 1. The highest BCUT2D eigenvalue weighted by molar-refractivity contribution is 5.76. The molecule has 1 unspecified atom stereocenters. The Labute approximate surface area is 113 Å². The van der Waals surface area contributed by atoms with Gasteiger partial charge in [-0.15, -0.1) is 5.10 Å². The van der Waals surface area contributed by atoms with Crippen LogP contribution in [0.1, 0.15) is 70.5 Å². The van der Waals surface area contributed by atoms with Crippen molar-refractivity contribution >= 4 is 5.97 Å². The first kappa shape index (κ1) is 14.0. The highest BCUT2D eigenvalue weighted by atomic mass is 16.4. The number of aliphatic carboxylic acids is 1. The van der Waals surface area contributed by atoms with E-state index in [-0.39, 0.29) is 0 Å². The predicted octanol–water partition coefficient (Wildman–Crippen LogP) is 2.32. The first-order valence-corrected chi connectivity index (χ1v) is 7.11. The molecule has 1 N–H and O–H groups in total. The minimum absolute atomic E-state index is 0.294. The molecule has 0 aromatic carbocycles. The molecule has 6 heteroatoms. The van der Waals surface area contributed by atoms with Crippen LogP contribution in [0.2, 0.25) is 0 Å². The van der Waals surface area contributed by atoms with Crippen molar-refractivity contribution in [2.45, 2.75) is 70.3 Å². The molecule has 1 aliphatic rings. The summed E-state index contributed by atoms with van der Waals surface area (Å²) in [6, 6.07) is 0. The summed E-state index contributed by atoms with van der Waals surface area (Å²) in [6.07, 6.45) is 7.43. The SMILES string of the molecule is CCC(C)(C(=O)O)n1nnnc1C1CCCCCC1. The van der Waals surface area contributed by atoms with Crippen LogP contribution in [0.15, 0.2) is 0 Å². The number of rotatable bonds is 4. The minimum Gasteiger partial charge on any atom is -0.479 e. The van der Waals surface area contributed by atoms with E-state index in [0.29, 0.717) is 12.3 Å². The van der Waals surface area contributed by atoms with Crippen molar-refractivity contribution in [1.82, 2.24) is 20.2 Å². The lowest BCUT2D eigenvalue weighted by Gasteiger charge is -2.26. The molecule has 1 heterocycles. The van der Waals surface area contributed by atoms with E-state index in [9.17, 15) is 9.90 Å². The topological polar surface area (TPSA) is 80.9 Å². The van der Waals surface area contributed by atoms with Crippen molar-refractivity contribution in [3.8, 4) is 0 Å². The van der Waals surface area contributed by atoms with Crippen LogP contribution in [-0.2, 0) is 10.3 Å². The van der Waals surface area contributed by atoms with Gasteiger partial charge in [0, 0.05) is 5.92 Å². The third kappa shape index (κ3) is 2.62. The van der Waals surface area contributed by atoms with Crippen LogP contribution in [-0.4, -0.2) is 31.3 Å². The molecule has 19 heavy (non-hydrogen) atoms. The lowest BCUT2D eigenvalue weighted by molar-refractivity contribution is -0.147. The summed E-state index contributed by atoms with van der Waals surface area (Å²) in [4.78, 5) is 11.5. The average molecular weight is 266 g/mol. The Morgan fingerprint density at radius 3 is 2.53 bits per heavy atom. The van der Waals surface area contributed by atoms with Gasteiger partial charge in [0.25, 0.3) is 0 Å². The molecule has 1 aliphatic carbocycles. The Kier molecular flexibility index (Phi) is 4.17. The van der Waals surface area contributed by atoms with Crippen LogP contribution in [0.4, 0.5) is 0 Å². The van der Waals surface area contributed by atoms with Gasteiger partial charge < -0.3 is 5.11 Å². The highest BCUT2D eigenvalue weighted by Crippen LogP contribution is 2.32. The lowest BCUT2D eigenvalue weighted by atomic mass is 9.95. The molecule has 1 fully saturated rings. The summed E-state index contributed by atoms with van der Waals surface area (Å²) in [7, 11) is 0. The van der Waals surface area contributed by atoms with Crippen LogP contribution < -0.4 is 0 Å². The predicted molar refractivity (Wildman–Crippen MR) is 69.8 cm³/mol. The maximum absolute atomic E-state index is 11.5. The molecule has 0 amide bonds. The maximum atomic E-state index is 11.5. The highest BCUT2D eigenvalue weighted by Gasteiger charge is 2.38. The molecule has 1 atom stereocenters. The molecular weight excluding hydrogens is 244 g/mol. The Morgan fingerprint density at radius 2 is 2.00 bits per heavy atom. The van der Waals surface area contributed by atoms with Crippen molar-refractivity contribution in [1.29, 1.82) is 0 Å². The second-order valence-electron chi connectivity index (χ2n) is 5.57. The Morgan fingerprint density at radius 1 is 1.37 bits per heavy atom. The van der Waals surface area contributed by atoms with Gasteiger partial charge in [-0.1, -0.05) is 32.6 Å². The van der Waals surface area contributed by atoms with E-state index >= 15 is 0 Å². The molecule has 6 nitrogen and oxygen atoms in total. The van der Waals surface area contributed by atoms with Crippen LogP contribution in [0.3, 0.4) is 0 Å². The second-order valence-corrected chi connectivity index (χ2v) is 5.57. The molecule has 1 aromatic rings. The molecule has 1 aromatic heterocycles. The lowest BCUT2D eigenvalue weighted by Crippen LogP contribution is -2.40. The van der Waals surface area contributed by atoms with Crippen molar-refractivity contribution < 1.29 is 9.90 Å². The largest absolute Gasteiger partial charge is 0.479 e. The third-order valence-electron chi connectivity index (χ3n) is 4.33. The molecule has 0 saturated heterocycles. The third-order valence-corrected chi connectivity index (χ3v) is 4.33. The number of hydrogen-bond acceptors (Lipinski definition) is 4. The number of aromatic nitrogens is 4. The Bertz CT molecular complexity index is 438. The molecule has 2 rings (SSSR count). The normalized spacial score (nSPS) is 20.7. The number of carboxylic acids is 1. The van der Waals surface area contributed by atoms with E-state index in [4.69, 9.17) is 0 Å². The Balaban J connectivity index is 2.33. The zero-order chi connectivity index (χ0) is 13.9. The van der Waals surface area contributed by atoms with Gasteiger partial charge in [-0.05, 0) is 36.6 Å². The molecule has 106 valence electrons. The summed E-state index contributed by atoms with van der Waals surface area (Å²) in [6.45, 7) is 3.54. The fraction of sp³-hybridized carbons (Fsp3) is 0.846. The quantitative estimate of drug-likeness (QED) is 0.846. The zero-order valence-electron chi connectivity index (χ0n) is 11.7. The summed E-state index contributed by atoms with van der Waals surface area (Å²) < 4.78 is 1.53. The molecular formula is C13H22N4O2. The number of carbonyl (C=O) groups is 1. The van der Waals surface area contributed by atoms with E-state index in [2.05, 4.69) is 15.5 Å². The monoisotopic (exact) mass is 266 g/mol. The first-order valence-electron chi connectivity index (χ1n) is 7.11. The van der Waals surface area contributed by atoms with Crippen molar-refractivity contribution in [2.24, 2.45) is 0 Å². The van der Waals surface area contributed by atoms with Crippen LogP contribution in [0.25, 0.3) is 0 Å². The van der Waals surface area contributed by atoms with E-state index < -0.39 is 11.5 Å². The Hall–Kier alpha value is -1.46. The van der Waals surface area contributed by atoms with Gasteiger partial charge >= 0.3 is 5.97 Å². The fourth-order valence-electron chi connectivity index (χ4n) is 2.73. The van der Waals surface area contributed by atoms with Gasteiger partial charge in [-0.2, -0.15) is 0 Å². The summed E-state index contributed by atoms with van der Waals surface area (Å²) >= 11 is 0. The van der Waals surface area contributed by atoms with Gasteiger partial charge in [-0.25, -0.2) is 9.48 Å². The number of tetrazole rings is 1. The van der Waals surface area contributed by atoms with Crippen molar-refractivity contribution in [3.63, 3.8) is 0 Å². The molecule has 1 saturated carbocycles. The van der Waals surface area contributed by atoms with Gasteiger partial charge in [-0.3, -0.25) is 0 Å². The summed E-state index contributed by atoms with van der Waals surface area (Å²) in [5.41, 5.74) is -1.05. The van der Waals surface area contributed by atoms with Gasteiger partial charge in [0.2, 0.25) is 0 Å². The van der Waals surface area contributed by atoms with Crippen molar-refractivity contribution in [2.75, 3.05) is 0 Å². The van der Waals surface area contributed by atoms with E-state index in [1.54, 1.807) is 6.92 Å². The first-order chi connectivity index (χ1) is 9.09. The summed E-state index contributed by atoms with van der Waals surface area (Å²) in [5.74, 6) is 0.161. The van der Waals surface area contributed by atoms with Gasteiger partial charge in [0.1, 0.15) is 0 Å². The van der Waals surface area contributed by atoms with Crippen LogP contribution in [0, 0.1) is 0 Å². The standard InChI is InChI=1S/C13H22N4O2/c1-3-13(2,12(18)19)17-11(14-15-16-17)10-8-6-4-5-7-9-10/h10H,3-9H2,1-2H3,(H,18,19).